The number of nitrogens with zero attached hydrogens (tertiary/aromatic N) is 1. The second-order valence-corrected chi connectivity index (χ2v) is 5.93. The first kappa shape index (κ1) is 12.6. The lowest BCUT2D eigenvalue weighted by molar-refractivity contribution is 0.332. The lowest BCUT2D eigenvalue weighted by Crippen LogP contribution is -2.38. The molecule has 96 valence electrons. The third kappa shape index (κ3) is 2.37. The van der Waals surface area contributed by atoms with Gasteiger partial charge in [-0.05, 0) is 30.0 Å². The lowest BCUT2D eigenvalue weighted by Gasteiger charge is -2.19. The van der Waals surface area contributed by atoms with Gasteiger partial charge in [-0.1, -0.05) is 26.8 Å². The van der Waals surface area contributed by atoms with Crippen molar-refractivity contribution < 1.29 is 0 Å². The van der Waals surface area contributed by atoms with Crippen LogP contribution in [0.1, 0.15) is 26.3 Å². The smallest absolute Gasteiger partial charge is 0.307 e. The van der Waals surface area contributed by atoms with Gasteiger partial charge in [-0.15, -0.1) is 0 Å². The molecule has 1 N–H and O–H groups in total. The Labute approximate surface area is 105 Å². The van der Waals surface area contributed by atoms with Gasteiger partial charge in [0.25, 0.3) is 5.56 Å². The molecule has 0 saturated carbocycles. The minimum absolute atomic E-state index is 0.116. The molecule has 0 spiro atoms. The van der Waals surface area contributed by atoms with Gasteiger partial charge in [-0.3, -0.25) is 9.36 Å². The summed E-state index contributed by atoms with van der Waals surface area (Å²) in [5.74, 6) is 0. The first-order valence-corrected chi connectivity index (χ1v) is 6.01. The van der Waals surface area contributed by atoms with Crippen LogP contribution in [0.25, 0.3) is 10.9 Å². The van der Waals surface area contributed by atoms with E-state index in [1.807, 2.05) is 39.8 Å². The van der Waals surface area contributed by atoms with E-state index in [4.69, 9.17) is 0 Å². The summed E-state index contributed by atoms with van der Waals surface area (Å²) >= 11 is 0. The zero-order valence-corrected chi connectivity index (χ0v) is 11.2. The Balaban J connectivity index is 2.74. The molecule has 0 bridgehead atoms. The third-order valence-corrected chi connectivity index (χ3v) is 2.77. The van der Waals surface area contributed by atoms with Crippen molar-refractivity contribution in [3.05, 3.63) is 44.6 Å². The molecule has 1 aromatic heterocycles. The molecular weight excluding hydrogens is 228 g/mol. The van der Waals surface area contributed by atoms with E-state index in [1.165, 1.54) is 4.57 Å². The summed E-state index contributed by atoms with van der Waals surface area (Å²) in [6.07, 6.45) is 0. The topological polar surface area (TPSA) is 54.9 Å². The summed E-state index contributed by atoms with van der Waals surface area (Å²) in [5.41, 5.74) is 0.952. The minimum atomic E-state index is -0.340. The van der Waals surface area contributed by atoms with Gasteiger partial charge in [0.1, 0.15) is 0 Å². The molecule has 0 radical (unpaired) electrons. The Morgan fingerprint density at radius 2 is 1.89 bits per heavy atom. The van der Waals surface area contributed by atoms with Gasteiger partial charge >= 0.3 is 5.69 Å². The van der Waals surface area contributed by atoms with Gasteiger partial charge in [0, 0.05) is 6.54 Å². The zero-order valence-electron chi connectivity index (χ0n) is 11.2. The van der Waals surface area contributed by atoms with E-state index in [0.29, 0.717) is 17.4 Å². The largest absolute Gasteiger partial charge is 0.328 e. The first-order chi connectivity index (χ1) is 8.28. The molecule has 1 aromatic carbocycles. The summed E-state index contributed by atoms with van der Waals surface area (Å²) in [6.45, 7) is 8.33. The molecule has 0 aliphatic rings. The van der Waals surface area contributed by atoms with Gasteiger partial charge in [0.15, 0.2) is 0 Å². The van der Waals surface area contributed by atoms with Gasteiger partial charge < -0.3 is 4.98 Å². The van der Waals surface area contributed by atoms with Crippen LogP contribution in [0.15, 0.2) is 27.8 Å². The fourth-order valence-corrected chi connectivity index (χ4v) is 1.99. The molecule has 2 rings (SSSR count). The summed E-state index contributed by atoms with van der Waals surface area (Å²) in [5, 5.41) is 0.560. The Hall–Kier alpha value is -1.84. The van der Waals surface area contributed by atoms with Crippen molar-refractivity contribution >= 4 is 10.9 Å². The zero-order chi connectivity index (χ0) is 13.5. The van der Waals surface area contributed by atoms with E-state index in [9.17, 15) is 9.59 Å². The third-order valence-electron chi connectivity index (χ3n) is 2.77. The second-order valence-electron chi connectivity index (χ2n) is 5.93. The Morgan fingerprint density at radius 3 is 2.50 bits per heavy atom. The molecule has 0 saturated heterocycles. The number of H-pyrrole nitrogens is 1. The predicted octanol–water partition coefficient (Wildman–Crippen LogP) is 2.04. The standard InChI is InChI=1S/C14H18N2O2/c1-9-5-6-10-11(7-9)15-13(18)16(12(10)17)8-14(2,3)4/h5-7H,8H2,1-4H3,(H,15,18). The Kier molecular flexibility index (Phi) is 2.89. The van der Waals surface area contributed by atoms with Crippen LogP contribution in [-0.2, 0) is 6.54 Å². The van der Waals surface area contributed by atoms with E-state index in [1.54, 1.807) is 6.07 Å². The number of hydrogen-bond donors (Lipinski definition) is 1. The summed E-state index contributed by atoms with van der Waals surface area (Å²) in [7, 11) is 0. The van der Waals surface area contributed by atoms with Crippen LogP contribution in [-0.4, -0.2) is 9.55 Å². The van der Waals surface area contributed by atoms with Crippen LogP contribution in [0.4, 0.5) is 0 Å². The van der Waals surface area contributed by atoms with Crippen LogP contribution in [0.5, 0.6) is 0 Å². The highest BCUT2D eigenvalue weighted by atomic mass is 16.2. The average molecular weight is 246 g/mol. The van der Waals surface area contributed by atoms with Crippen molar-refractivity contribution in [2.45, 2.75) is 34.2 Å². The van der Waals surface area contributed by atoms with Crippen molar-refractivity contribution in [1.82, 2.24) is 9.55 Å². The van der Waals surface area contributed by atoms with E-state index in [0.717, 1.165) is 5.56 Å². The predicted molar refractivity (Wildman–Crippen MR) is 73.0 cm³/mol. The highest BCUT2D eigenvalue weighted by molar-refractivity contribution is 5.77. The molecule has 1 heterocycles. The van der Waals surface area contributed by atoms with Crippen LogP contribution in [0, 0.1) is 12.3 Å². The molecule has 0 fully saturated rings. The Bertz CT molecular complexity index is 702. The van der Waals surface area contributed by atoms with E-state index < -0.39 is 0 Å². The number of benzene rings is 1. The van der Waals surface area contributed by atoms with Gasteiger partial charge in [-0.25, -0.2) is 4.79 Å². The average Bonchev–Trinajstić information content (AvgIpc) is 2.22. The van der Waals surface area contributed by atoms with Gasteiger partial charge in [0.05, 0.1) is 10.9 Å². The molecule has 0 atom stereocenters. The van der Waals surface area contributed by atoms with Crippen LogP contribution >= 0.6 is 0 Å². The van der Waals surface area contributed by atoms with Crippen molar-refractivity contribution in [2.24, 2.45) is 5.41 Å². The maximum absolute atomic E-state index is 12.3. The number of fused-ring (bicyclic) bond motifs is 1. The molecule has 0 unspecified atom stereocenters. The SMILES string of the molecule is Cc1ccc2c(=O)n(CC(C)(C)C)c(=O)[nH]c2c1. The fraction of sp³-hybridized carbons (Fsp3) is 0.429. The number of hydrogen-bond acceptors (Lipinski definition) is 2. The molecule has 0 aliphatic heterocycles. The van der Waals surface area contributed by atoms with Crippen LogP contribution < -0.4 is 11.2 Å². The normalized spacial score (nSPS) is 12.0. The quantitative estimate of drug-likeness (QED) is 0.837. The summed E-state index contributed by atoms with van der Waals surface area (Å²) < 4.78 is 1.28. The lowest BCUT2D eigenvalue weighted by atomic mass is 9.97. The van der Waals surface area contributed by atoms with Crippen LogP contribution in [0.2, 0.25) is 0 Å². The fourth-order valence-electron chi connectivity index (χ4n) is 1.99. The maximum atomic E-state index is 12.3. The first-order valence-electron chi connectivity index (χ1n) is 6.01. The molecule has 0 aliphatic carbocycles. The number of rotatable bonds is 1. The summed E-state index contributed by atoms with van der Waals surface area (Å²) in [4.78, 5) is 27.0. The van der Waals surface area contributed by atoms with Gasteiger partial charge in [0.2, 0.25) is 0 Å². The van der Waals surface area contributed by atoms with Crippen molar-refractivity contribution in [1.29, 1.82) is 0 Å². The second kappa shape index (κ2) is 4.12. The number of aryl methyl sites for hydroxylation is 1. The van der Waals surface area contributed by atoms with E-state index >= 15 is 0 Å². The molecule has 2 aromatic rings. The molecule has 4 heteroatoms. The van der Waals surface area contributed by atoms with Crippen LogP contribution in [0.3, 0.4) is 0 Å². The minimum Gasteiger partial charge on any atom is -0.307 e. The maximum Gasteiger partial charge on any atom is 0.328 e. The van der Waals surface area contributed by atoms with Crippen molar-refractivity contribution in [3.63, 3.8) is 0 Å². The number of aromatic nitrogens is 2. The number of aromatic amines is 1. The number of nitrogens with one attached hydrogen (secondary N) is 1. The monoisotopic (exact) mass is 246 g/mol. The van der Waals surface area contributed by atoms with Crippen molar-refractivity contribution in [3.8, 4) is 0 Å². The molecular formula is C14H18N2O2. The van der Waals surface area contributed by atoms with Gasteiger partial charge in [-0.2, -0.15) is 0 Å². The Morgan fingerprint density at radius 1 is 1.22 bits per heavy atom. The van der Waals surface area contributed by atoms with E-state index in [-0.39, 0.29) is 16.7 Å². The molecule has 0 amide bonds. The highest BCUT2D eigenvalue weighted by Gasteiger charge is 2.15. The van der Waals surface area contributed by atoms with Crippen molar-refractivity contribution in [2.75, 3.05) is 0 Å². The highest BCUT2D eigenvalue weighted by Crippen LogP contribution is 2.14. The molecule has 4 nitrogen and oxygen atoms in total. The van der Waals surface area contributed by atoms with E-state index in [2.05, 4.69) is 4.98 Å². The summed E-state index contributed by atoms with van der Waals surface area (Å²) in [6, 6.07) is 5.46. The molecule has 18 heavy (non-hydrogen) atoms.